The molecule has 0 amide bonds. The summed E-state index contributed by atoms with van der Waals surface area (Å²) in [5, 5.41) is 2.75. The van der Waals surface area contributed by atoms with Gasteiger partial charge in [-0.15, -0.1) is 0 Å². The highest BCUT2D eigenvalue weighted by Crippen LogP contribution is 2.05. The van der Waals surface area contributed by atoms with E-state index in [1.54, 1.807) is 0 Å². The zero-order valence-electron chi connectivity index (χ0n) is 8.67. The maximum atomic E-state index is 5.76. The molecule has 1 fully saturated rings. The van der Waals surface area contributed by atoms with Crippen LogP contribution >= 0.6 is 0 Å². The van der Waals surface area contributed by atoms with Gasteiger partial charge in [0.15, 0.2) is 0 Å². The van der Waals surface area contributed by atoms with Crippen molar-refractivity contribution in [2.24, 2.45) is 5.73 Å². The maximum Gasteiger partial charge on any atom is 0.0703 e. The fraction of sp³-hybridized carbons (Fsp3) is 1.00. The minimum absolute atomic E-state index is 0.264. The Morgan fingerprint density at radius 3 is 2.08 bits per heavy atom. The van der Waals surface area contributed by atoms with Crippen molar-refractivity contribution in [1.82, 2.24) is 15.1 Å². The molecule has 1 aliphatic rings. The van der Waals surface area contributed by atoms with E-state index in [1.165, 1.54) is 13.1 Å². The van der Waals surface area contributed by atoms with Crippen LogP contribution in [-0.4, -0.2) is 63.8 Å². The molecule has 4 heteroatoms. The molecule has 0 aromatic carbocycles. The molecule has 12 heavy (non-hydrogen) atoms. The summed E-state index contributed by atoms with van der Waals surface area (Å²) in [6.45, 7) is 3.35. The number of likely N-dealkylation sites (N-methyl/N-ethyl adjacent to an activating group) is 1. The van der Waals surface area contributed by atoms with Gasteiger partial charge in [0.25, 0.3) is 0 Å². The molecule has 0 aromatic rings. The van der Waals surface area contributed by atoms with Crippen LogP contribution in [0.25, 0.3) is 0 Å². The van der Waals surface area contributed by atoms with E-state index in [4.69, 9.17) is 5.73 Å². The monoisotopic (exact) mass is 174 g/mol. The lowest BCUT2D eigenvalue weighted by Gasteiger charge is -2.16. The molecular formula is C8H22N4. The van der Waals surface area contributed by atoms with Gasteiger partial charge in [-0.05, 0) is 28.2 Å². The molecule has 74 valence electrons. The van der Waals surface area contributed by atoms with Gasteiger partial charge in [-0.25, -0.2) is 0 Å². The van der Waals surface area contributed by atoms with Crippen molar-refractivity contribution in [3.63, 3.8) is 0 Å². The van der Waals surface area contributed by atoms with Crippen LogP contribution in [0.15, 0.2) is 0 Å². The number of nitrogens with one attached hydrogen (secondary N) is 1. The molecule has 0 aliphatic carbocycles. The highest BCUT2D eigenvalue weighted by Gasteiger charge is 2.24. The van der Waals surface area contributed by atoms with Crippen molar-refractivity contribution in [3.8, 4) is 0 Å². The Labute approximate surface area is 75.7 Å². The average molecular weight is 174 g/mol. The van der Waals surface area contributed by atoms with Crippen molar-refractivity contribution >= 4 is 0 Å². The Hall–Kier alpha value is -0.160. The van der Waals surface area contributed by atoms with Crippen LogP contribution in [0.1, 0.15) is 0 Å². The maximum absolute atomic E-state index is 5.76. The molecule has 1 saturated heterocycles. The van der Waals surface area contributed by atoms with Crippen LogP contribution in [0.4, 0.5) is 0 Å². The number of nitrogens with zero attached hydrogens (tertiary/aromatic N) is 2. The molecular weight excluding hydrogens is 152 g/mol. The number of hydrogen-bond donors (Lipinski definition) is 2. The van der Waals surface area contributed by atoms with Crippen LogP contribution < -0.4 is 11.1 Å². The number of nitrogens with two attached hydrogens (primary N) is 1. The van der Waals surface area contributed by atoms with Gasteiger partial charge in [-0.1, -0.05) is 0 Å². The Morgan fingerprint density at radius 2 is 1.83 bits per heavy atom. The summed E-state index contributed by atoms with van der Waals surface area (Å²) in [6, 6.07) is 0. The first-order valence-electron chi connectivity index (χ1n) is 4.34. The lowest BCUT2D eigenvalue weighted by atomic mass is 10.5. The third-order valence-electron chi connectivity index (χ3n) is 1.50. The van der Waals surface area contributed by atoms with Gasteiger partial charge in [0.1, 0.15) is 0 Å². The Bertz CT molecular complexity index is 101. The van der Waals surface area contributed by atoms with Gasteiger partial charge in [-0.3, -0.25) is 4.90 Å². The van der Waals surface area contributed by atoms with Gasteiger partial charge in [-0.2, -0.15) is 0 Å². The van der Waals surface area contributed by atoms with E-state index in [2.05, 4.69) is 15.1 Å². The fourth-order valence-corrected chi connectivity index (χ4v) is 0.879. The molecule has 0 bridgehead atoms. The van der Waals surface area contributed by atoms with Crippen molar-refractivity contribution in [2.75, 3.05) is 47.8 Å². The molecule has 0 radical (unpaired) electrons. The summed E-state index contributed by atoms with van der Waals surface area (Å²) in [7, 11) is 7.84. The molecule has 0 saturated carbocycles. The molecule has 0 spiro atoms. The fourth-order valence-electron chi connectivity index (χ4n) is 0.879. The molecule has 1 atom stereocenters. The first-order valence-corrected chi connectivity index (χ1v) is 4.34. The Balaban J connectivity index is 0.000000354. The van der Waals surface area contributed by atoms with Crippen LogP contribution in [0.3, 0.4) is 0 Å². The van der Waals surface area contributed by atoms with Crippen molar-refractivity contribution in [3.05, 3.63) is 0 Å². The first-order chi connectivity index (χ1) is 5.61. The van der Waals surface area contributed by atoms with Crippen molar-refractivity contribution < 1.29 is 0 Å². The van der Waals surface area contributed by atoms with E-state index < -0.39 is 0 Å². The zero-order chi connectivity index (χ0) is 9.56. The summed E-state index contributed by atoms with van der Waals surface area (Å²) in [5.74, 6) is 0. The van der Waals surface area contributed by atoms with Crippen LogP contribution in [-0.2, 0) is 0 Å². The molecule has 3 N–H and O–H groups in total. The summed E-state index contributed by atoms with van der Waals surface area (Å²) in [4.78, 5) is 4.36. The zero-order valence-corrected chi connectivity index (χ0v) is 8.67. The molecule has 1 rings (SSSR count). The second-order valence-electron chi connectivity index (χ2n) is 3.37. The second kappa shape index (κ2) is 6.37. The lowest BCUT2D eigenvalue weighted by Crippen LogP contribution is -2.39. The standard InChI is InChI=1S/C6H15N3.C2H7N/c1-8(2)5-6(7)9-3-4-9;1-3-2/h6H,3-5,7H2,1-2H3;3H,1-2H3. The summed E-state index contributed by atoms with van der Waals surface area (Å²) in [6.07, 6.45) is 0.264. The Kier molecular flexibility index (Phi) is 6.28. The van der Waals surface area contributed by atoms with E-state index in [9.17, 15) is 0 Å². The highest BCUT2D eigenvalue weighted by atomic mass is 15.3. The Morgan fingerprint density at radius 1 is 1.42 bits per heavy atom. The molecule has 1 aliphatic heterocycles. The van der Waals surface area contributed by atoms with Gasteiger partial charge in [0.2, 0.25) is 0 Å². The lowest BCUT2D eigenvalue weighted by molar-refractivity contribution is 0.291. The molecule has 4 nitrogen and oxygen atoms in total. The van der Waals surface area contributed by atoms with E-state index in [1.807, 2.05) is 28.2 Å². The van der Waals surface area contributed by atoms with Gasteiger partial charge >= 0.3 is 0 Å². The van der Waals surface area contributed by atoms with Crippen LogP contribution in [0.5, 0.6) is 0 Å². The second-order valence-corrected chi connectivity index (χ2v) is 3.37. The third kappa shape index (κ3) is 6.54. The summed E-state index contributed by atoms with van der Waals surface area (Å²) >= 11 is 0. The van der Waals surface area contributed by atoms with Gasteiger partial charge in [0, 0.05) is 19.6 Å². The quantitative estimate of drug-likeness (QED) is 0.538. The van der Waals surface area contributed by atoms with E-state index >= 15 is 0 Å². The number of hydrogen-bond acceptors (Lipinski definition) is 4. The van der Waals surface area contributed by atoms with E-state index in [0.717, 1.165) is 6.54 Å². The van der Waals surface area contributed by atoms with Crippen LogP contribution in [0.2, 0.25) is 0 Å². The van der Waals surface area contributed by atoms with Gasteiger partial charge < -0.3 is 16.0 Å². The summed E-state index contributed by atoms with van der Waals surface area (Å²) in [5.41, 5.74) is 5.76. The molecule has 1 heterocycles. The van der Waals surface area contributed by atoms with Gasteiger partial charge in [0.05, 0.1) is 6.17 Å². The summed E-state index contributed by atoms with van der Waals surface area (Å²) < 4.78 is 0. The van der Waals surface area contributed by atoms with E-state index in [-0.39, 0.29) is 6.17 Å². The van der Waals surface area contributed by atoms with Crippen molar-refractivity contribution in [2.45, 2.75) is 6.17 Å². The first kappa shape index (κ1) is 11.8. The topological polar surface area (TPSA) is 44.3 Å². The predicted octanol–water partition coefficient (Wildman–Crippen LogP) is -1.02. The van der Waals surface area contributed by atoms with Crippen molar-refractivity contribution in [1.29, 1.82) is 0 Å². The minimum Gasteiger partial charge on any atom is -0.323 e. The number of rotatable bonds is 3. The molecule has 1 unspecified atom stereocenters. The normalized spacial score (nSPS) is 18.5. The average Bonchev–Trinajstić information content (AvgIpc) is 2.67. The van der Waals surface area contributed by atoms with E-state index in [0.29, 0.717) is 0 Å². The SMILES string of the molecule is CN(C)CC(N)N1CC1.CNC. The van der Waals surface area contributed by atoms with Crippen LogP contribution in [0, 0.1) is 0 Å². The predicted molar refractivity (Wildman–Crippen MR) is 53.1 cm³/mol. The third-order valence-corrected chi connectivity index (χ3v) is 1.50. The molecule has 0 aromatic heterocycles. The highest BCUT2D eigenvalue weighted by molar-refractivity contribution is 4.79. The smallest absolute Gasteiger partial charge is 0.0703 e. The largest absolute Gasteiger partial charge is 0.323 e. The minimum atomic E-state index is 0.264.